The molecule has 0 bridgehead atoms. The highest BCUT2D eigenvalue weighted by molar-refractivity contribution is 5.29. The molecule has 3 nitrogen and oxygen atoms in total. The third-order valence-corrected chi connectivity index (χ3v) is 3.16. The Labute approximate surface area is 113 Å². The smallest absolute Gasteiger partial charge is 0.115 e. The highest BCUT2D eigenvalue weighted by Gasteiger charge is 2.16. The van der Waals surface area contributed by atoms with Gasteiger partial charge >= 0.3 is 0 Å². The van der Waals surface area contributed by atoms with Gasteiger partial charge in [-0.1, -0.05) is 42.5 Å². The molecular weight excluding hydrogens is 238 g/mol. The van der Waals surface area contributed by atoms with E-state index in [0.717, 1.165) is 0 Å². The fourth-order valence-corrected chi connectivity index (χ4v) is 1.98. The third-order valence-electron chi connectivity index (χ3n) is 3.16. The number of phenolic OH excluding ortho intramolecular Hbond substituents is 1. The first kappa shape index (κ1) is 13.6. The van der Waals surface area contributed by atoms with Crippen molar-refractivity contribution in [3.63, 3.8) is 0 Å². The maximum Gasteiger partial charge on any atom is 0.115 e. The molecule has 2 aromatic carbocycles. The average Bonchev–Trinajstić information content (AvgIpc) is 2.45. The second kappa shape index (κ2) is 6.36. The molecule has 3 N–H and O–H groups in total. The third kappa shape index (κ3) is 3.81. The normalized spacial score (nSPS) is 14.0. The predicted octanol–water partition coefficient (Wildman–Crippen LogP) is 2.60. The number of phenols is 1. The van der Waals surface area contributed by atoms with E-state index in [1.54, 1.807) is 18.2 Å². The first-order valence-corrected chi connectivity index (χ1v) is 6.41. The minimum absolute atomic E-state index is 0.0954. The average molecular weight is 257 g/mol. The maximum absolute atomic E-state index is 10.2. The van der Waals surface area contributed by atoms with Crippen molar-refractivity contribution in [2.75, 3.05) is 0 Å². The first-order chi connectivity index (χ1) is 9.16. The monoisotopic (exact) mass is 257 g/mol. The number of aromatic hydroxyl groups is 1. The molecular formula is C16H19NO2. The molecule has 0 heterocycles. The summed E-state index contributed by atoms with van der Waals surface area (Å²) < 4.78 is 0. The predicted molar refractivity (Wildman–Crippen MR) is 75.8 cm³/mol. The van der Waals surface area contributed by atoms with Crippen LogP contribution in [0.15, 0.2) is 54.6 Å². The van der Waals surface area contributed by atoms with Crippen molar-refractivity contribution in [1.82, 2.24) is 5.32 Å². The Balaban J connectivity index is 1.94. The lowest BCUT2D eigenvalue weighted by atomic mass is 10.0. The van der Waals surface area contributed by atoms with Crippen LogP contribution in [-0.2, 0) is 6.54 Å². The van der Waals surface area contributed by atoms with Crippen LogP contribution in [-0.4, -0.2) is 16.3 Å². The van der Waals surface area contributed by atoms with Gasteiger partial charge in [-0.3, -0.25) is 0 Å². The molecule has 0 amide bonds. The van der Waals surface area contributed by atoms with E-state index in [1.807, 2.05) is 43.3 Å². The number of rotatable bonds is 5. The van der Waals surface area contributed by atoms with Gasteiger partial charge in [0.25, 0.3) is 0 Å². The zero-order valence-electron chi connectivity index (χ0n) is 11.0. The molecule has 3 heteroatoms. The second-order valence-electron chi connectivity index (χ2n) is 4.69. The van der Waals surface area contributed by atoms with Crippen LogP contribution in [0.3, 0.4) is 0 Å². The molecule has 0 aliphatic carbocycles. The van der Waals surface area contributed by atoms with Gasteiger partial charge in [0.2, 0.25) is 0 Å². The molecule has 0 spiro atoms. The number of nitrogens with one attached hydrogen (secondary N) is 1. The van der Waals surface area contributed by atoms with E-state index in [2.05, 4.69) is 5.32 Å². The minimum atomic E-state index is -0.643. The van der Waals surface area contributed by atoms with Gasteiger partial charge in [-0.2, -0.15) is 0 Å². The summed E-state index contributed by atoms with van der Waals surface area (Å²) in [6, 6.07) is 16.7. The Morgan fingerprint density at radius 3 is 2.47 bits per heavy atom. The van der Waals surface area contributed by atoms with Crippen molar-refractivity contribution in [3.8, 4) is 5.75 Å². The Hall–Kier alpha value is -1.84. The molecule has 0 fully saturated rings. The molecule has 0 aliphatic heterocycles. The van der Waals surface area contributed by atoms with Gasteiger partial charge in [-0.05, 0) is 30.2 Å². The molecule has 2 rings (SSSR count). The molecule has 2 unspecified atom stereocenters. The van der Waals surface area contributed by atoms with Crippen LogP contribution in [0.5, 0.6) is 5.75 Å². The Morgan fingerprint density at radius 2 is 1.79 bits per heavy atom. The summed E-state index contributed by atoms with van der Waals surface area (Å²) in [6.45, 7) is 2.63. The maximum atomic E-state index is 10.2. The SMILES string of the molecule is CC(NCc1ccccc1)C(O)c1cccc(O)c1. The van der Waals surface area contributed by atoms with Gasteiger partial charge in [0.15, 0.2) is 0 Å². The molecule has 2 atom stereocenters. The minimum Gasteiger partial charge on any atom is -0.508 e. The largest absolute Gasteiger partial charge is 0.508 e. The fourth-order valence-electron chi connectivity index (χ4n) is 1.98. The number of aliphatic hydroxyl groups is 1. The Bertz CT molecular complexity index is 513. The van der Waals surface area contributed by atoms with E-state index in [4.69, 9.17) is 0 Å². The summed E-state index contributed by atoms with van der Waals surface area (Å²) in [5.41, 5.74) is 1.89. The first-order valence-electron chi connectivity index (χ1n) is 6.41. The molecule has 0 saturated heterocycles. The van der Waals surface area contributed by atoms with Crippen LogP contribution in [0, 0.1) is 0 Å². The van der Waals surface area contributed by atoms with Crippen LogP contribution < -0.4 is 5.32 Å². The Morgan fingerprint density at radius 1 is 1.05 bits per heavy atom. The van der Waals surface area contributed by atoms with Crippen LogP contribution in [0.25, 0.3) is 0 Å². The lowest BCUT2D eigenvalue weighted by Crippen LogP contribution is -2.31. The lowest BCUT2D eigenvalue weighted by Gasteiger charge is -2.21. The number of aliphatic hydroxyl groups excluding tert-OH is 1. The van der Waals surface area contributed by atoms with Crippen molar-refractivity contribution in [2.45, 2.75) is 25.6 Å². The van der Waals surface area contributed by atoms with Gasteiger partial charge in [0.05, 0.1) is 6.10 Å². The zero-order valence-corrected chi connectivity index (χ0v) is 11.0. The summed E-state index contributed by atoms with van der Waals surface area (Å²) in [4.78, 5) is 0. The van der Waals surface area contributed by atoms with E-state index < -0.39 is 6.10 Å². The van der Waals surface area contributed by atoms with Crippen LogP contribution in [0.1, 0.15) is 24.2 Å². The lowest BCUT2D eigenvalue weighted by molar-refractivity contribution is 0.135. The molecule has 19 heavy (non-hydrogen) atoms. The van der Waals surface area contributed by atoms with Crippen LogP contribution >= 0.6 is 0 Å². The van der Waals surface area contributed by atoms with Crippen molar-refractivity contribution in [3.05, 3.63) is 65.7 Å². The van der Waals surface area contributed by atoms with E-state index >= 15 is 0 Å². The summed E-state index contributed by atoms with van der Waals surface area (Å²) in [6.07, 6.45) is -0.643. The van der Waals surface area contributed by atoms with Gasteiger partial charge in [0.1, 0.15) is 5.75 Å². The van der Waals surface area contributed by atoms with E-state index in [-0.39, 0.29) is 11.8 Å². The molecule has 0 aromatic heterocycles. The number of hydrogen-bond donors (Lipinski definition) is 3. The van der Waals surface area contributed by atoms with Crippen molar-refractivity contribution in [1.29, 1.82) is 0 Å². The fraction of sp³-hybridized carbons (Fsp3) is 0.250. The standard InChI is InChI=1S/C16H19NO2/c1-12(17-11-13-6-3-2-4-7-13)16(19)14-8-5-9-15(18)10-14/h2-10,12,16-19H,11H2,1H3. The summed E-state index contributed by atoms with van der Waals surface area (Å²) >= 11 is 0. The number of hydrogen-bond acceptors (Lipinski definition) is 3. The van der Waals surface area contributed by atoms with Gasteiger partial charge in [-0.15, -0.1) is 0 Å². The molecule has 0 saturated carbocycles. The van der Waals surface area contributed by atoms with Gasteiger partial charge in [-0.25, -0.2) is 0 Å². The topological polar surface area (TPSA) is 52.5 Å². The van der Waals surface area contributed by atoms with Crippen molar-refractivity contribution in [2.24, 2.45) is 0 Å². The molecule has 0 aliphatic rings. The number of benzene rings is 2. The Kier molecular flexibility index (Phi) is 4.55. The highest BCUT2D eigenvalue weighted by Crippen LogP contribution is 2.20. The summed E-state index contributed by atoms with van der Waals surface area (Å²) in [7, 11) is 0. The van der Waals surface area contributed by atoms with Crippen molar-refractivity contribution < 1.29 is 10.2 Å². The van der Waals surface area contributed by atoms with E-state index in [0.29, 0.717) is 12.1 Å². The van der Waals surface area contributed by atoms with Gasteiger partial charge in [0, 0.05) is 12.6 Å². The molecule has 2 aromatic rings. The van der Waals surface area contributed by atoms with Crippen LogP contribution in [0.2, 0.25) is 0 Å². The molecule has 100 valence electrons. The summed E-state index contributed by atoms with van der Waals surface area (Å²) in [5, 5.41) is 22.9. The van der Waals surface area contributed by atoms with E-state index in [1.165, 1.54) is 5.56 Å². The quantitative estimate of drug-likeness (QED) is 0.771. The van der Waals surface area contributed by atoms with Crippen LogP contribution in [0.4, 0.5) is 0 Å². The zero-order chi connectivity index (χ0) is 13.7. The highest BCUT2D eigenvalue weighted by atomic mass is 16.3. The summed E-state index contributed by atoms with van der Waals surface area (Å²) in [5.74, 6) is 0.173. The van der Waals surface area contributed by atoms with Crippen molar-refractivity contribution >= 4 is 0 Å². The van der Waals surface area contributed by atoms with Gasteiger partial charge < -0.3 is 15.5 Å². The van der Waals surface area contributed by atoms with E-state index in [9.17, 15) is 10.2 Å². The second-order valence-corrected chi connectivity index (χ2v) is 4.69. The molecule has 0 radical (unpaired) electrons.